The molecule has 0 aliphatic carbocycles. The molecular weight excluding hydrogens is 720 g/mol. The zero-order valence-electron chi connectivity index (χ0n) is 12.2. The van der Waals surface area contributed by atoms with Crippen molar-refractivity contribution in [1.29, 1.82) is 0 Å². The van der Waals surface area contributed by atoms with Crippen molar-refractivity contribution in [2.45, 2.75) is 16.5 Å². The van der Waals surface area contributed by atoms with Crippen LogP contribution in [0.25, 0.3) is 0 Å². The van der Waals surface area contributed by atoms with E-state index in [9.17, 15) is 39.5 Å². The van der Waals surface area contributed by atoms with E-state index >= 15 is 0 Å². The topological polar surface area (TPSA) is 298 Å². The Hall–Kier alpha value is -0.177. The van der Waals surface area contributed by atoms with E-state index in [1.165, 1.54) is 0 Å². The van der Waals surface area contributed by atoms with E-state index in [0.717, 1.165) is 0 Å². The van der Waals surface area contributed by atoms with Gasteiger partial charge in [0, 0.05) is 0 Å². The first kappa shape index (κ1) is 51.5. The van der Waals surface area contributed by atoms with E-state index in [-0.39, 0.29) is 48.1 Å². The molecule has 0 atom stereocenters. The van der Waals surface area contributed by atoms with E-state index in [1.807, 2.05) is 0 Å². The molecule has 0 saturated heterocycles. The largest absolute Gasteiger partial charge is 3.00 e. The first-order valence-corrected chi connectivity index (χ1v) is 8.04. The average molecular weight is 728 g/mol. The summed E-state index contributed by atoms with van der Waals surface area (Å²) < 4.78 is 177. The third-order valence-electron chi connectivity index (χ3n) is 0.850. The number of halogens is 9. The first-order valence-electron chi connectivity index (χ1n) is 3.81. The minimum absolute atomic E-state index is 0. The van der Waals surface area contributed by atoms with Crippen LogP contribution in [0.3, 0.4) is 0 Å². The van der Waals surface area contributed by atoms with E-state index in [0.29, 0.717) is 0 Å². The summed E-state index contributed by atoms with van der Waals surface area (Å²) in [4.78, 5) is 0. The summed E-state index contributed by atoms with van der Waals surface area (Å²) in [6.07, 6.45) is 0. The maximum atomic E-state index is 10.7. The van der Waals surface area contributed by atoms with Crippen LogP contribution in [0.5, 0.6) is 0 Å². The molecule has 13 nitrogen and oxygen atoms in total. The van der Waals surface area contributed by atoms with Gasteiger partial charge >= 0.3 is 42.7 Å². The van der Waals surface area contributed by atoms with Gasteiger partial charge in [0.15, 0.2) is 30.4 Å². The Morgan fingerprint density at radius 3 is 0.448 bits per heavy atom. The Morgan fingerprint density at radius 1 is 0.414 bits per heavy atom. The molecule has 0 bridgehead atoms. The number of hydrogen-bond acceptors (Lipinski definition) is 9. The zero-order chi connectivity index (χ0) is 21.0. The standard InChI is InChI=1S/3CHF3O3S.Bi.4H2O/c3*2-1(3,4)8(5,6)7;;;;;/h3*(H,5,6,7);;4*1H2/q;;;+3;;;;/p-3. The molecule has 0 fully saturated rings. The molecule has 0 unspecified atom stereocenters. The molecule has 0 amide bonds. The van der Waals surface area contributed by atoms with Gasteiger partial charge in [0.1, 0.15) is 0 Å². The van der Waals surface area contributed by atoms with Crippen molar-refractivity contribution in [1.82, 2.24) is 0 Å². The van der Waals surface area contributed by atoms with Crippen LogP contribution in [0.1, 0.15) is 0 Å². The predicted octanol–water partition coefficient (Wildman–Crippen LogP) is -3.53. The molecule has 0 aliphatic heterocycles. The number of hydrogen-bond donors (Lipinski definition) is 0. The van der Waals surface area contributed by atoms with Gasteiger partial charge in [-0.2, -0.15) is 39.5 Å². The smallest absolute Gasteiger partial charge is 0.741 e. The van der Waals surface area contributed by atoms with Crippen LogP contribution in [0.2, 0.25) is 0 Å². The SMILES string of the molecule is O.O.O.O.O=S(=O)([O-])C(F)(F)F.O=S(=O)([O-])C(F)(F)F.O=S(=O)([O-])C(F)(F)F.[Bi+3]. The monoisotopic (exact) mass is 728 g/mol. The zero-order valence-corrected chi connectivity index (χ0v) is 18.2. The van der Waals surface area contributed by atoms with Crippen LogP contribution in [-0.4, -0.2) is 104 Å². The second-order valence-corrected chi connectivity index (χ2v) is 6.81. The Bertz CT molecular complexity index is 601. The van der Waals surface area contributed by atoms with Gasteiger partial charge in [-0.3, -0.25) is 0 Å². The Kier molecular flexibility index (Phi) is 27.7. The Balaban J connectivity index is -0.0000000350. The van der Waals surface area contributed by atoms with Crippen molar-refractivity contribution < 1.29 is 100 Å². The van der Waals surface area contributed by atoms with Crippen molar-refractivity contribution in [3.63, 3.8) is 0 Å². The summed E-state index contributed by atoms with van der Waals surface area (Å²) in [6.45, 7) is 0. The van der Waals surface area contributed by atoms with Crippen molar-refractivity contribution in [3.05, 3.63) is 0 Å². The molecule has 0 spiro atoms. The minimum Gasteiger partial charge on any atom is -0.741 e. The molecule has 2 radical (unpaired) electrons. The van der Waals surface area contributed by atoms with E-state index in [1.54, 1.807) is 0 Å². The summed E-state index contributed by atoms with van der Waals surface area (Å²) in [5, 5.41) is 0. The van der Waals surface area contributed by atoms with Gasteiger partial charge in [0.05, 0.1) is 0 Å². The fraction of sp³-hybridized carbons (Fsp3) is 1.00. The van der Waals surface area contributed by atoms with Crippen LogP contribution < -0.4 is 0 Å². The van der Waals surface area contributed by atoms with Crippen molar-refractivity contribution in [2.24, 2.45) is 0 Å². The molecule has 0 aromatic heterocycles. The summed E-state index contributed by atoms with van der Waals surface area (Å²) in [6, 6.07) is 0. The molecule has 26 heteroatoms. The summed E-state index contributed by atoms with van der Waals surface area (Å²) in [5.74, 6) is 0. The van der Waals surface area contributed by atoms with Gasteiger partial charge in [-0.05, 0) is 0 Å². The third-order valence-corrected chi connectivity index (χ3v) is 2.55. The van der Waals surface area contributed by atoms with E-state index in [2.05, 4.69) is 0 Å². The van der Waals surface area contributed by atoms with Crippen LogP contribution >= 0.6 is 0 Å². The fourth-order valence-electron chi connectivity index (χ4n) is 0. The quantitative estimate of drug-likeness (QED) is 0.103. The van der Waals surface area contributed by atoms with Crippen molar-refractivity contribution in [3.8, 4) is 0 Å². The molecule has 8 N–H and O–H groups in total. The Labute approximate surface area is 173 Å². The predicted molar refractivity (Wildman–Crippen MR) is 67.5 cm³/mol. The summed E-state index contributed by atoms with van der Waals surface area (Å²) >= 11 is 0. The van der Waals surface area contributed by atoms with Crippen LogP contribution in [0.4, 0.5) is 39.5 Å². The Morgan fingerprint density at radius 2 is 0.448 bits per heavy atom. The van der Waals surface area contributed by atoms with Gasteiger partial charge in [-0.1, -0.05) is 0 Å². The molecule has 29 heavy (non-hydrogen) atoms. The average Bonchev–Trinajstić information content (AvgIpc) is 2.08. The van der Waals surface area contributed by atoms with Crippen LogP contribution in [0, 0.1) is 0 Å². The first-order chi connectivity index (χ1) is 9.75. The van der Waals surface area contributed by atoms with Crippen molar-refractivity contribution >= 4 is 56.6 Å². The molecule has 0 aromatic carbocycles. The van der Waals surface area contributed by atoms with E-state index < -0.39 is 46.9 Å². The molecule has 0 aliphatic rings. The van der Waals surface area contributed by atoms with E-state index in [4.69, 9.17) is 38.9 Å². The maximum absolute atomic E-state index is 10.7. The maximum Gasteiger partial charge on any atom is 3.00 e. The third kappa shape index (κ3) is 25.8. The minimum atomic E-state index is -6.09. The van der Waals surface area contributed by atoms with Gasteiger partial charge in [0.2, 0.25) is 0 Å². The van der Waals surface area contributed by atoms with Gasteiger partial charge < -0.3 is 35.6 Å². The van der Waals surface area contributed by atoms with Crippen LogP contribution in [0.15, 0.2) is 0 Å². The molecule has 184 valence electrons. The second kappa shape index (κ2) is 15.6. The van der Waals surface area contributed by atoms with Gasteiger partial charge in [-0.25, -0.2) is 25.3 Å². The summed E-state index contributed by atoms with van der Waals surface area (Å²) in [5.41, 5.74) is -16.9. The van der Waals surface area contributed by atoms with Gasteiger partial charge in [0.25, 0.3) is 0 Å². The molecule has 0 aromatic rings. The normalized spacial score (nSPS) is 11.6. The van der Waals surface area contributed by atoms with Crippen LogP contribution in [-0.2, 0) is 30.4 Å². The molecular formula is C3H8BiF9O13S3. The fourth-order valence-corrected chi connectivity index (χ4v) is 0. The summed E-state index contributed by atoms with van der Waals surface area (Å²) in [7, 11) is -18.3. The molecule has 0 saturated carbocycles. The van der Waals surface area contributed by atoms with Crippen molar-refractivity contribution in [2.75, 3.05) is 0 Å². The second-order valence-electron chi connectivity index (χ2n) is 2.70. The molecule has 0 rings (SSSR count). The number of alkyl halides is 9. The van der Waals surface area contributed by atoms with Gasteiger partial charge in [-0.15, -0.1) is 0 Å². The number of rotatable bonds is 0. The molecule has 0 heterocycles.